The van der Waals surface area contributed by atoms with Gasteiger partial charge in [-0.15, -0.1) is 0 Å². The fourth-order valence-corrected chi connectivity index (χ4v) is 4.35. The van der Waals surface area contributed by atoms with Crippen LogP contribution in [0.5, 0.6) is 5.75 Å². The number of anilines is 1. The normalized spacial score (nSPS) is 11.0. The van der Waals surface area contributed by atoms with E-state index in [0.717, 1.165) is 24.2 Å². The van der Waals surface area contributed by atoms with Crippen LogP contribution in [0.15, 0.2) is 77.7 Å². The van der Waals surface area contributed by atoms with Crippen molar-refractivity contribution < 1.29 is 17.9 Å². The number of hydrogen-bond acceptors (Lipinski definition) is 4. The van der Waals surface area contributed by atoms with Crippen LogP contribution < -0.4 is 14.8 Å². The summed E-state index contributed by atoms with van der Waals surface area (Å²) in [6.07, 6.45) is 1.57. The minimum absolute atomic E-state index is 0.129. The zero-order chi connectivity index (χ0) is 22.3. The predicted octanol–water partition coefficient (Wildman–Crippen LogP) is 4.51. The summed E-state index contributed by atoms with van der Waals surface area (Å²) in [5.74, 6) is 0.532. The van der Waals surface area contributed by atoms with Crippen LogP contribution in [0.1, 0.15) is 22.3 Å². The molecule has 0 heterocycles. The molecule has 0 unspecified atom stereocenters. The second kappa shape index (κ2) is 10.3. The second-order valence-corrected chi connectivity index (χ2v) is 8.91. The lowest BCUT2D eigenvalue weighted by Gasteiger charge is -2.11. The third-order valence-electron chi connectivity index (χ3n) is 4.59. The molecule has 8 heteroatoms. The summed E-state index contributed by atoms with van der Waals surface area (Å²) in [5, 5.41) is 2.99. The highest BCUT2D eigenvalue weighted by Crippen LogP contribution is 2.26. The van der Waals surface area contributed by atoms with E-state index in [-0.39, 0.29) is 21.5 Å². The standard InChI is InChI=1S/C23H23ClN2O4S/c1-30-19-9-5-7-17(15-19)8-6-14-25-23(27)18-12-13-22(21(24)16-18)26-31(28,29)20-10-3-2-4-11-20/h2-5,7,9-13,15-16,26H,6,8,14H2,1H3,(H,25,27). The fourth-order valence-electron chi connectivity index (χ4n) is 2.97. The first-order chi connectivity index (χ1) is 14.9. The van der Waals surface area contributed by atoms with E-state index < -0.39 is 10.0 Å². The molecule has 1 amide bonds. The molecule has 0 spiro atoms. The van der Waals surface area contributed by atoms with Crippen LogP contribution in [-0.2, 0) is 16.4 Å². The van der Waals surface area contributed by atoms with Gasteiger partial charge in [0.2, 0.25) is 0 Å². The van der Waals surface area contributed by atoms with Gasteiger partial charge in [-0.3, -0.25) is 9.52 Å². The van der Waals surface area contributed by atoms with Crippen molar-refractivity contribution >= 4 is 33.2 Å². The Balaban J connectivity index is 1.56. The average molecular weight is 459 g/mol. The van der Waals surface area contributed by atoms with Gasteiger partial charge in [0, 0.05) is 12.1 Å². The van der Waals surface area contributed by atoms with Crippen LogP contribution in [0.4, 0.5) is 5.69 Å². The monoisotopic (exact) mass is 458 g/mol. The van der Waals surface area contributed by atoms with Crippen molar-refractivity contribution in [1.82, 2.24) is 5.32 Å². The molecule has 0 radical (unpaired) electrons. The summed E-state index contributed by atoms with van der Waals surface area (Å²) in [6, 6.07) is 20.2. The lowest BCUT2D eigenvalue weighted by molar-refractivity contribution is 0.0953. The molecule has 0 bridgehead atoms. The number of benzene rings is 3. The Bertz CT molecular complexity index is 1150. The number of amides is 1. The van der Waals surface area contributed by atoms with Gasteiger partial charge in [-0.25, -0.2) is 8.42 Å². The van der Waals surface area contributed by atoms with Gasteiger partial charge in [-0.05, 0) is 60.9 Å². The minimum atomic E-state index is -3.76. The van der Waals surface area contributed by atoms with E-state index in [1.165, 1.54) is 30.3 Å². The number of carbonyl (C=O) groups is 1. The van der Waals surface area contributed by atoms with Crippen LogP contribution in [-0.4, -0.2) is 28.0 Å². The topological polar surface area (TPSA) is 84.5 Å². The Labute approximate surface area is 187 Å². The molecule has 2 N–H and O–H groups in total. The molecule has 6 nitrogen and oxygen atoms in total. The lowest BCUT2D eigenvalue weighted by atomic mass is 10.1. The molecule has 3 rings (SSSR count). The zero-order valence-electron chi connectivity index (χ0n) is 17.0. The van der Waals surface area contributed by atoms with Crippen molar-refractivity contribution in [3.63, 3.8) is 0 Å². The van der Waals surface area contributed by atoms with Crippen molar-refractivity contribution in [3.8, 4) is 5.75 Å². The Morgan fingerprint density at radius 1 is 1.00 bits per heavy atom. The molecular weight excluding hydrogens is 436 g/mol. The number of halogens is 1. The smallest absolute Gasteiger partial charge is 0.261 e. The number of methoxy groups -OCH3 is 1. The van der Waals surface area contributed by atoms with Gasteiger partial charge >= 0.3 is 0 Å². The zero-order valence-corrected chi connectivity index (χ0v) is 18.5. The lowest BCUT2D eigenvalue weighted by Crippen LogP contribution is -2.24. The minimum Gasteiger partial charge on any atom is -0.497 e. The molecule has 3 aromatic rings. The number of carbonyl (C=O) groups excluding carboxylic acids is 1. The quantitative estimate of drug-likeness (QED) is 0.462. The van der Waals surface area contributed by atoms with Gasteiger partial charge < -0.3 is 10.1 Å². The number of hydrogen-bond donors (Lipinski definition) is 2. The number of aryl methyl sites for hydroxylation is 1. The molecule has 0 saturated heterocycles. The van der Waals surface area contributed by atoms with Crippen molar-refractivity contribution in [2.45, 2.75) is 17.7 Å². The molecule has 3 aromatic carbocycles. The van der Waals surface area contributed by atoms with Crippen LogP contribution in [0.25, 0.3) is 0 Å². The van der Waals surface area contributed by atoms with E-state index in [2.05, 4.69) is 10.0 Å². The van der Waals surface area contributed by atoms with E-state index in [4.69, 9.17) is 16.3 Å². The Kier molecular flexibility index (Phi) is 7.55. The summed E-state index contributed by atoms with van der Waals surface area (Å²) in [7, 11) is -2.13. The van der Waals surface area contributed by atoms with Gasteiger partial charge in [0.25, 0.3) is 15.9 Å². The molecular formula is C23H23ClN2O4S. The van der Waals surface area contributed by atoms with E-state index in [0.29, 0.717) is 12.1 Å². The van der Waals surface area contributed by atoms with Gasteiger partial charge in [0.05, 0.1) is 22.7 Å². The highest BCUT2D eigenvalue weighted by Gasteiger charge is 2.16. The van der Waals surface area contributed by atoms with Crippen molar-refractivity contribution in [2.75, 3.05) is 18.4 Å². The van der Waals surface area contributed by atoms with E-state index in [1.807, 2.05) is 24.3 Å². The Hall–Kier alpha value is -3.03. The molecule has 0 aromatic heterocycles. The first kappa shape index (κ1) is 22.7. The molecule has 162 valence electrons. The van der Waals surface area contributed by atoms with Gasteiger partial charge in [0.1, 0.15) is 5.75 Å². The Morgan fingerprint density at radius 2 is 1.77 bits per heavy atom. The summed E-state index contributed by atoms with van der Waals surface area (Å²) >= 11 is 6.22. The first-order valence-corrected chi connectivity index (χ1v) is 11.5. The maximum atomic E-state index is 12.4. The number of nitrogens with one attached hydrogen (secondary N) is 2. The second-order valence-electron chi connectivity index (χ2n) is 6.82. The van der Waals surface area contributed by atoms with E-state index in [1.54, 1.807) is 25.3 Å². The van der Waals surface area contributed by atoms with Crippen molar-refractivity contribution in [2.24, 2.45) is 0 Å². The van der Waals surface area contributed by atoms with Crippen molar-refractivity contribution in [3.05, 3.63) is 88.9 Å². The summed E-state index contributed by atoms with van der Waals surface area (Å²) in [6.45, 7) is 0.496. The number of ether oxygens (including phenoxy) is 1. The highest BCUT2D eigenvalue weighted by atomic mass is 35.5. The number of rotatable bonds is 9. The largest absolute Gasteiger partial charge is 0.497 e. The van der Waals surface area contributed by atoms with Crippen LogP contribution >= 0.6 is 11.6 Å². The SMILES string of the molecule is COc1cccc(CCCNC(=O)c2ccc(NS(=O)(=O)c3ccccc3)c(Cl)c2)c1. The third kappa shape index (κ3) is 6.23. The number of sulfonamides is 1. The molecule has 0 aliphatic rings. The van der Waals surface area contributed by atoms with Crippen molar-refractivity contribution in [1.29, 1.82) is 0 Å². The molecule has 31 heavy (non-hydrogen) atoms. The maximum absolute atomic E-state index is 12.4. The van der Waals surface area contributed by atoms with Gasteiger partial charge in [-0.1, -0.05) is 41.9 Å². The highest BCUT2D eigenvalue weighted by molar-refractivity contribution is 7.92. The van der Waals surface area contributed by atoms with E-state index in [9.17, 15) is 13.2 Å². The van der Waals surface area contributed by atoms with Crippen LogP contribution in [0, 0.1) is 0 Å². The summed E-state index contributed by atoms with van der Waals surface area (Å²) < 4.78 is 32.6. The van der Waals surface area contributed by atoms with Gasteiger partial charge in [-0.2, -0.15) is 0 Å². The Morgan fingerprint density at radius 3 is 2.48 bits per heavy atom. The van der Waals surface area contributed by atoms with Crippen LogP contribution in [0.3, 0.4) is 0 Å². The summed E-state index contributed by atoms with van der Waals surface area (Å²) in [4.78, 5) is 12.5. The average Bonchev–Trinajstić information content (AvgIpc) is 2.78. The maximum Gasteiger partial charge on any atom is 0.261 e. The molecule has 0 aliphatic heterocycles. The third-order valence-corrected chi connectivity index (χ3v) is 6.29. The fraction of sp³-hybridized carbons (Fsp3) is 0.174. The van der Waals surface area contributed by atoms with Crippen LogP contribution in [0.2, 0.25) is 5.02 Å². The molecule has 0 fully saturated rings. The molecule has 0 atom stereocenters. The van der Waals surface area contributed by atoms with Gasteiger partial charge in [0.15, 0.2) is 0 Å². The summed E-state index contributed by atoms with van der Waals surface area (Å²) in [5.41, 5.74) is 1.70. The first-order valence-electron chi connectivity index (χ1n) is 9.67. The molecule has 0 aliphatic carbocycles. The van der Waals surface area contributed by atoms with E-state index >= 15 is 0 Å². The predicted molar refractivity (Wildman–Crippen MR) is 122 cm³/mol. The molecule has 0 saturated carbocycles.